The van der Waals surface area contributed by atoms with Crippen molar-refractivity contribution < 1.29 is 4.74 Å². The summed E-state index contributed by atoms with van der Waals surface area (Å²) in [5.74, 6) is 2.67. The molecule has 1 aliphatic rings. The van der Waals surface area contributed by atoms with Gasteiger partial charge in [-0.15, -0.1) is 0 Å². The van der Waals surface area contributed by atoms with Crippen molar-refractivity contribution in [3.8, 4) is 5.75 Å². The summed E-state index contributed by atoms with van der Waals surface area (Å²) in [5.41, 5.74) is 2.40. The molecule has 1 fully saturated rings. The monoisotopic (exact) mass is 375 g/mol. The Morgan fingerprint density at radius 1 is 1.07 bits per heavy atom. The van der Waals surface area contributed by atoms with E-state index in [0.29, 0.717) is 11.9 Å². The van der Waals surface area contributed by atoms with E-state index in [9.17, 15) is 0 Å². The predicted octanol–water partition coefficient (Wildman–Crippen LogP) is 4.00. The third-order valence-corrected chi connectivity index (χ3v) is 5.07. The van der Waals surface area contributed by atoms with Crippen molar-refractivity contribution in [1.29, 1.82) is 0 Å². The van der Waals surface area contributed by atoms with Gasteiger partial charge in [0.2, 0.25) is 5.95 Å². The minimum Gasteiger partial charge on any atom is -0.497 e. The summed E-state index contributed by atoms with van der Waals surface area (Å²) in [4.78, 5) is 15.9. The van der Waals surface area contributed by atoms with Gasteiger partial charge in [-0.25, -0.2) is 15.0 Å². The summed E-state index contributed by atoms with van der Waals surface area (Å²) in [6.45, 7) is 3.07. The Labute approximate surface area is 165 Å². The van der Waals surface area contributed by atoms with E-state index in [1.54, 1.807) is 13.3 Å². The maximum absolute atomic E-state index is 5.25. The van der Waals surface area contributed by atoms with Crippen LogP contribution in [0, 0.1) is 0 Å². The first-order valence-electron chi connectivity index (χ1n) is 9.66. The van der Waals surface area contributed by atoms with Crippen molar-refractivity contribution >= 4 is 11.8 Å². The molecule has 0 radical (unpaired) electrons. The van der Waals surface area contributed by atoms with Gasteiger partial charge in [-0.3, -0.25) is 4.90 Å². The molecule has 4 rings (SSSR count). The average Bonchev–Trinajstić information content (AvgIpc) is 2.75. The molecule has 0 saturated carbocycles. The number of anilines is 2. The molecule has 1 saturated heterocycles. The molecule has 0 aliphatic carbocycles. The highest BCUT2D eigenvalue weighted by Gasteiger charge is 2.23. The Hall–Kier alpha value is -2.99. The molecular weight excluding hydrogens is 350 g/mol. The van der Waals surface area contributed by atoms with Crippen molar-refractivity contribution in [3.63, 3.8) is 0 Å². The second-order valence-corrected chi connectivity index (χ2v) is 7.07. The zero-order valence-electron chi connectivity index (χ0n) is 16.1. The SMILES string of the molecule is COc1ccc(CN2CCC[C@@H](c3ccnc(Nc4ccccn4)n3)C2)cc1. The number of piperidine rings is 1. The van der Waals surface area contributed by atoms with E-state index in [-0.39, 0.29) is 0 Å². The van der Waals surface area contributed by atoms with Crippen molar-refractivity contribution in [3.05, 3.63) is 72.2 Å². The summed E-state index contributed by atoms with van der Waals surface area (Å²) in [5, 5.41) is 3.19. The fraction of sp³-hybridized carbons (Fsp3) is 0.318. The number of nitrogens with one attached hydrogen (secondary N) is 1. The normalized spacial score (nSPS) is 17.2. The maximum atomic E-state index is 5.25. The van der Waals surface area contributed by atoms with Crippen LogP contribution in [0.15, 0.2) is 60.9 Å². The molecule has 6 nitrogen and oxygen atoms in total. The number of likely N-dealkylation sites (tertiary alicyclic amines) is 1. The van der Waals surface area contributed by atoms with E-state index < -0.39 is 0 Å². The number of hydrogen-bond donors (Lipinski definition) is 1. The fourth-order valence-electron chi connectivity index (χ4n) is 3.64. The summed E-state index contributed by atoms with van der Waals surface area (Å²) >= 11 is 0. The molecule has 144 valence electrons. The van der Waals surface area contributed by atoms with Crippen LogP contribution in [-0.4, -0.2) is 40.1 Å². The Bertz CT molecular complexity index is 885. The Kier molecular flexibility index (Phi) is 5.77. The quantitative estimate of drug-likeness (QED) is 0.702. The number of ether oxygens (including phenoxy) is 1. The largest absolute Gasteiger partial charge is 0.497 e. The van der Waals surface area contributed by atoms with Crippen molar-refractivity contribution in [2.45, 2.75) is 25.3 Å². The average molecular weight is 375 g/mol. The van der Waals surface area contributed by atoms with Crippen molar-refractivity contribution in [2.75, 3.05) is 25.5 Å². The number of aromatic nitrogens is 3. The molecule has 0 unspecified atom stereocenters. The highest BCUT2D eigenvalue weighted by atomic mass is 16.5. The highest BCUT2D eigenvalue weighted by Crippen LogP contribution is 2.27. The van der Waals surface area contributed by atoms with Gasteiger partial charge in [-0.05, 0) is 55.3 Å². The predicted molar refractivity (Wildman–Crippen MR) is 110 cm³/mol. The lowest BCUT2D eigenvalue weighted by Gasteiger charge is -2.32. The molecule has 6 heteroatoms. The number of nitrogens with zero attached hydrogens (tertiary/aromatic N) is 4. The van der Waals surface area contributed by atoms with Crippen LogP contribution in [0.2, 0.25) is 0 Å². The van der Waals surface area contributed by atoms with E-state index in [0.717, 1.165) is 43.3 Å². The fourth-order valence-corrected chi connectivity index (χ4v) is 3.64. The van der Waals surface area contributed by atoms with Crippen LogP contribution in [0.5, 0.6) is 5.75 Å². The van der Waals surface area contributed by atoms with E-state index >= 15 is 0 Å². The van der Waals surface area contributed by atoms with Gasteiger partial charge in [0.25, 0.3) is 0 Å². The van der Waals surface area contributed by atoms with E-state index in [4.69, 9.17) is 9.72 Å². The van der Waals surface area contributed by atoms with Crippen LogP contribution >= 0.6 is 0 Å². The van der Waals surface area contributed by atoms with Gasteiger partial charge in [0.05, 0.1) is 12.8 Å². The Morgan fingerprint density at radius 2 is 1.96 bits per heavy atom. The third kappa shape index (κ3) is 4.64. The minimum atomic E-state index is 0.416. The molecule has 1 N–H and O–H groups in total. The van der Waals surface area contributed by atoms with Gasteiger partial charge in [-0.1, -0.05) is 18.2 Å². The second-order valence-electron chi connectivity index (χ2n) is 7.07. The lowest BCUT2D eigenvalue weighted by Crippen LogP contribution is -2.34. The molecule has 0 bridgehead atoms. The van der Waals surface area contributed by atoms with Gasteiger partial charge in [0.15, 0.2) is 0 Å². The first kappa shape index (κ1) is 18.4. The zero-order chi connectivity index (χ0) is 19.2. The summed E-state index contributed by atoms with van der Waals surface area (Å²) in [6, 6.07) is 16.1. The third-order valence-electron chi connectivity index (χ3n) is 5.07. The number of pyridine rings is 1. The smallest absolute Gasteiger partial charge is 0.228 e. The number of methoxy groups -OCH3 is 1. The lowest BCUT2D eigenvalue weighted by atomic mass is 9.94. The number of rotatable bonds is 6. The van der Waals surface area contributed by atoms with Crippen molar-refractivity contribution in [2.24, 2.45) is 0 Å². The second kappa shape index (κ2) is 8.80. The summed E-state index contributed by atoms with van der Waals surface area (Å²) in [6.07, 6.45) is 5.91. The molecule has 28 heavy (non-hydrogen) atoms. The van der Waals surface area contributed by atoms with E-state index in [1.165, 1.54) is 12.0 Å². The zero-order valence-corrected chi connectivity index (χ0v) is 16.1. The minimum absolute atomic E-state index is 0.416. The molecule has 2 aromatic heterocycles. The number of benzene rings is 1. The summed E-state index contributed by atoms with van der Waals surface area (Å²) < 4.78 is 5.25. The topological polar surface area (TPSA) is 63.2 Å². The van der Waals surface area contributed by atoms with Crippen LogP contribution in [0.1, 0.15) is 30.0 Å². The van der Waals surface area contributed by atoms with E-state index in [1.807, 2.05) is 42.6 Å². The van der Waals surface area contributed by atoms with Gasteiger partial charge >= 0.3 is 0 Å². The van der Waals surface area contributed by atoms with Crippen molar-refractivity contribution in [1.82, 2.24) is 19.9 Å². The van der Waals surface area contributed by atoms with Crippen LogP contribution < -0.4 is 10.1 Å². The number of hydrogen-bond acceptors (Lipinski definition) is 6. The van der Waals surface area contributed by atoms with Gasteiger partial charge in [-0.2, -0.15) is 0 Å². The first-order chi connectivity index (χ1) is 13.8. The van der Waals surface area contributed by atoms with Crippen LogP contribution in [-0.2, 0) is 6.54 Å². The first-order valence-corrected chi connectivity index (χ1v) is 9.66. The summed E-state index contributed by atoms with van der Waals surface area (Å²) in [7, 11) is 1.70. The molecule has 1 aromatic carbocycles. The Balaban J connectivity index is 1.41. The highest BCUT2D eigenvalue weighted by molar-refractivity contribution is 5.46. The van der Waals surface area contributed by atoms with Gasteiger partial charge in [0.1, 0.15) is 11.6 Å². The van der Waals surface area contributed by atoms with Crippen LogP contribution in [0.4, 0.5) is 11.8 Å². The Morgan fingerprint density at radius 3 is 2.75 bits per heavy atom. The molecular formula is C22H25N5O. The van der Waals surface area contributed by atoms with E-state index in [2.05, 4.69) is 32.3 Å². The van der Waals surface area contributed by atoms with Gasteiger partial charge < -0.3 is 10.1 Å². The van der Waals surface area contributed by atoms with Gasteiger partial charge in [0, 0.05) is 31.4 Å². The molecule has 1 atom stereocenters. The standard InChI is InChI=1S/C22H25N5O/c1-28-19-9-7-17(8-10-19)15-27-14-4-5-18(16-27)20-11-13-24-22(25-20)26-21-6-2-3-12-23-21/h2-3,6-13,18H,4-5,14-16H2,1H3,(H,23,24,25,26)/t18-/m1/s1. The van der Waals surface area contributed by atoms with Crippen LogP contribution in [0.3, 0.4) is 0 Å². The van der Waals surface area contributed by atoms with Crippen LogP contribution in [0.25, 0.3) is 0 Å². The molecule has 3 aromatic rings. The molecule has 1 aliphatic heterocycles. The molecule has 0 spiro atoms. The molecule has 0 amide bonds. The maximum Gasteiger partial charge on any atom is 0.228 e. The lowest BCUT2D eigenvalue weighted by molar-refractivity contribution is 0.198. The molecule has 3 heterocycles.